The van der Waals surface area contributed by atoms with Crippen molar-refractivity contribution in [2.45, 2.75) is 19.4 Å². The number of hydrazone groups is 1. The van der Waals surface area contributed by atoms with Gasteiger partial charge in [0.2, 0.25) is 0 Å². The first kappa shape index (κ1) is 19.3. The molecule has 0 radical (unpaired) electrons. The summed E-state index contributed by atoms with van der Waals surface area (Å²) in [7, 11) is 0. The van der Waals surface area contributed by atoms with Crippen molar-refractivity contribution in [3.05, 3.63) is 83.0 Å². The van der Waals surface area contributed by atoms with Crippen LogP contribution in [-0.4, -0.2) is 27.6 Å². The number of para-hydroxylation sites is 1. The summed E-state index contributed by atoms with van der Waals surface area (Å²) in [6, 6.07) is 15.9. The number of hydrogen-bond acceptors (Lipinski definition) is 3. The molecular weight excluding hydrogens is 434 g/mol. The van der Waals surface area contributed by atoms with E-state index < -0.39 is 0 Å². The Hall–Kier alpha value is -3.18. The van der Waals surface area contributed by atoms with Crippen molar-refractivity contribution < 1.29 is 9.59 Å². The van der Waals surface area contributed by atoms with Gasteiger partial charge in [0.25, 0.3) is 11.8 Å². The third kappa shape index (κ3) is 2.63. The van der Waals surface area contributed by atoms with Crippen molar-refractivity contribution in [3.63, 3.8) is 0 Å². The molecule has 2 amide bonds. The number of carbonyl (C=O) groups excluding carboxylic acids is 2. The van der Waals surface area contributed by atoms with E-state index in [-0.39, 0.29) is 40.9 Å². The van der Waals surface area contributed by atoms with Crippen molar-refractivity contribution >= 4 is 40.5 Å². The molecule has 3 fully saturated rings. The number of fused-ring (bicyclic) bond motifs is 4. The van der Waals surface area contributed by atoms with Crippen molar-refractivity contribution in [1.82, 2.24) is 9.58 Å². The zero-order valence-corrected chi connectivity index (χ0v) is 18.7. The van der Waals surface area contributed by atoms with E-state index in [1.807, 2.05) is 48.7 Å². The van der Waals surface area contributed by atoms with E-state index >= 15 is 0 Å². The fourth-order valence-corrected chi connectivity index (χ4v) is 6.72. The van der Waals surface area contributed by atoms with E-state index in [1.165, 1.54) is 0 Å². The van der Waals surface area contributed by atoms with Gasteiger partial charge >= 0.3 is 0 Å². The number of nitrogens with zero attached hydrogens (tertiary/aromatic N) is 3. The Labute approximate surface area is 196 Å². The van der Waals surface area contributed by atoms with E-state index in [1.54, 1.807) is 6.21 Å². The molecule has 7 rings (SSSR count). The highest BCUT2D eigenvalue weighted by atomic mass is 35.5. The van der Waals surface area contributed by atoms with Gasteiger partial charge in [0.05, 0.1) is 18.1 Å². The Bertz CT molecular complexity index is 1350. The molecule has 2 bridgehead atoms. The topological polar surface area (TPSA) is 54.7 Å². The molecule has 6 heteroatoms. The number of imide groups is 1. The molecule has 5 nitrogen and oxygen atoms in total. The molecule has 1 spiro atoms. The predicted octanol–water partition coefficient (Wildman–Crippen LogP) is 4.87. The molecule has 33 heavy (non-hydrogen) atoms. The maximum atomic E-state index is 13.2. The minimum Gasteiger partial charge on any atom is -0.342 e. The van der Waals surface area contributed by atoms with Gasteiger partial charge in [-0.1, -0.05) is 54.1 Å². The maximum Gasteiger partial charge on any atom is 0.254 e. The minimum absolute atomic E-state index is 0.130. The molecule has 1 aliphatic heterocycles. The lowest BCUT2D eigenvalue weighted by atomic mass is 9.85. The smallest absolute Gasteiger partial charge is 0.254 e. The van der Waals surface area contributed by atoms with Crippen LogP contribution in [0.15, 0.2) is 72.0 Å². The van der Waals surface area contributed by atoms with Gasteiger partial charge in [-0.25, -0.2) is 0 Å². The first-order chi connectivity index (χ1) is 16.1. The van der Waals surface area contributed by atoms with Gasteiger partial charge < -0.3 is 4.57 Å². The third-order valence-corrected chi connectivity index (χ3v) is 8.48. The fourth-order valence-electron chi connectivity index (χ4n) is 6.59. The van der Waals surface area contributed by atoms with Crippen LogP contribution in [0.25, 0.3) is 10.9 Å². The third-order valence-electron chi connectivity index (χ3n) is 8.23. The second-order valence-electron chi connectivity index (χ2n) is 9.81. The van der Waals surface area contributed by atoms with Crippen LogP contribution in [0, 0.1) is 29.1 Å². The molecule has 2 saturated carbocycles. The highest BCUT2D eigenvalue weighted by molar-refractivity contribution is 6.30. The summed E-state index contributed by atoms with van der Waals surface area (Å²) in [5.41, 5.74) is 3.30. The summed E-state index contributed by atoms with van der Waals surface area (Å²) in [5, 5.41) is 7.33. The standard InChI is InChI=1S/C27H22ClN3O2/c28-18-7-5-16(6-8-18)14-30-15-17(19-3-1-2-4-22(19)30)13-29-31-25(32)23-20-9-10-21(24(23)26(31)33)27(20)11-12-27/h1-10,13,15,20-21,23-24H,11-12,14H2/b29-13-/t20-,21-,23+,24+/m1/s1. The molecule has 4 atom stereocenters. The van der Waals surface area contributed by atoms with Crippen molar-refractivity contribution in [3.8, 4) is 0 Å². The molecule has 3 aliphatic carbocycles. The highest BCUT2D eigenvalue weighted by Gasteiger charge is 2.73. The molecule has 2 heterocycles. The van der Waals surface area contributed by atoms with E-state index in [9.17, 15) is 9.59 Å². The first-order valence-corrected chi connectivity index (χ1v) is 11.9. The summed E-state index contributed by atoms with van der Waals surface area (Å²) < 4.78 is 2.16. The van der Waals surface area contributed by atoms with Crippen molar-refractivity contribution in [2.75, 3.05) is 0 Å². The first-order valence-electron chi connectivity index (χ1n) is 11.5. The number of carbonyl (C=O) groups is 2. The van der Waals surface area contributed by atoms with Gasteiger partial charge in [-0.05, 0) is 53.9 Å². The van der Waals surface area contributed by atoms with E-state index in [0.717, 1.165) is 39.9 Å². The summed E-state index contributed by atoms with van der Waals surface area (Å²) in [6.45, 7) is 0.689. The molecule has 164 valence electrons. The maximum absolute atomic E-state index is 13.2. The van der Waals surface area contributed by atoms with Crippen LogP contribution >= 0.6 is 11.6 Å². The lowest BCUT2D eigenvalue weighted by molar-refractivity contribution is -0.141. The number of amides is 2. The average Bonchev–Trinajstić information content (AvgIpc) is 3.27. The second kappa shape index (κ2) is 6.67. The summed E-state index contributed by atoms with van der Waals surface area (Å²) in [5.74, 6) is -0.281. The van der Waals surface area contributed by atoms with Crippen LogP contribution < -0.4 is 0 Å². The molecule has 1 aromatic heterocycles. The quantitative estimate of drug-likeness (QED) is 0.320. The van der Waals surface area contributed by atoms with Crippen LogP contribution in [0.4, 0.5) is 0 Å². The SMILES string of the molecule is O=C1[C@@H]2[C@@H](C(=O)N1/N=C\c1cn(Cc3ccc(Cl)cc3)c3ccccc13)[C@H]1C=C[C@H]2C12CC2. The highest BCUT2D eigenvalue weighted by Crippen LogP contribution is 2.73. The number of allylic oxidation sites excluding steroid dienone is 2. The van der Waals surface area contributed by atoms with Crippen LogP contribution in [0.3, 0.4) is 0 Å². The molecule has 1 saturated heterocycles. The van der Waals surface area contributed by atoms with E-state index in [2.05, 4.69) is 27.9 Å². The fraction of sp³-hybridized carbons (Fsp3) is 0.296. The molecular formula is C27H22ClN3O2. The van der Waals surface area contributed by atoms with Crippen LogP contribution in [0.1, 0.15) is 24.0 Å². The van der Waals surface area contributed by atoms with Crippen molar-refractivity contribution in [2.24, 2.45) is 34.2 Å². The largest absolute Gasteiger partial charge is 0.342 e. The number of rotatable bonds is 4. The Morgan fingerprint density at radius 1 is 0.970 bits per heavy atom. The van der Waals surface area contributed by atoms with Gasteiger partial charge in [0.15, 0.2) is 0 Å². The zero-order valence-electron chi connectivity index (χ0n) is 17.9. The normalized spacial score (nSPS) is 28.7. The molecule has 4 aliphatic rings. The van der Waals surface area contributed by atoms with Gasteiger partial charge in [0, 0.05) is 34.2 Å². The van der Waals surface area contributed by atoms with E-state index in [4.69, 9.17) is 11.6 Å². The molecule has 0 unspecified atom stereocenters. The molecule has 2 aromatic carbocycles. The minimum atomic E-state index is -0.224. The zero-order chi connectivity index (χ0) is 22.3. The second-order valence-corrected chi connectivity index (χ2v) is 10.2. The number of benzene rings is 2. The average molecular weight is 456 g/mol. The number of halogens is 1. The van der Waals surface area contributed by atoms with Crippen molar-refractivity contribution in [1.29, 1.82) is 0 Å². The van der Waals surface area contributed by atoms with Crippen LogP contribution in [0.5, 0.6) is 0 Å². The summed E-state index contributed by atoms with van der Waals surface area (Å²) in [4.78, 5) is 26.4. The lowest BCUT2D eigenvalue weighted by Gasteiger charge is -2.18. The van der Waals surface area contributed by atoms with Gasteiger partial charge in [-0.3, -0.25) is 9.59 Å². The predicted molar refractivity (Wildman–Crippen MR) is 127 cm³/mol. The Balaban J connectivity index is 1.20. The summed E-state index contributed by atoms with van der Waals surface area (Å²) in [6.07, 6.45) is 10.3. The Morgan fingerprint density at radius 3 is 2.30 bits per heavy atom. The van der Waals surface area contributed by atoms with Crippen LogP contribution in [0.2, 0.25) is 5.02 Å². The Morgan fingerprint density at radius 2 is 1.64 bits per heavy atom. The summed E-state index contributed by atoms with van der Waals surface area (Å²) >= 11 is 6.03. The van der Waals surface area contributed by atoms with E-state index in [0.29, 0.717) is 11.6 Å². The van der Waals surface area contributed by atoms with Gasteiger partial charge in [-0.15, -0.1) is 0 Å². The molecule has 0 N–H and O–H groups in total. The monoisotopic (exact) mass is 455 g/mol. The number of aromatic nitrogens is 1. The van der Waals surface area contributed by atoms with Gasteiger partial charge in [-0.2, -0.15) is 10.1 Å². The lowest BCUT2D eigenvalue weighted by Crippen LogP contribution is -2.30. The van der Waals surface area contributed by atoms with Crippen LogP contribution in [-0.2, 0) is 16.1 Å². The number of hydrogen-bond donors (Lipinski definition) is 0. The Kier molecular flexibility index (Phi) is 3.90. The molecule has 3 aromatic rings. The van der Waals surface area contributed by atoms with Gasteiger partial charge in [0.1, 0.15) is 0 Å².